The Hall–Kier alpha value is -2.62. The molecular weight excluding hydrogens is 558 g/mol. The Morgan fingerprint density at radius 2 is 1.75 bits per heavy atom. The molecule has 2 N–H and O–H groups in total. The highest BCUT2D eigenvalue weighted by molar-refractivity contribution is 7.89. The zero-order chi connectivity index (χ0) is 29.7. The van der Waals surface area contributed by atoms with Gasteiger partial charge >= 0.3 is 11.4 Å². The summed E-state index contributed by atoms with van der Waals surface area (Å²) < 4.78 is 34.1. The Labute approximate surface area is 238 Å². The second-order valence-corrected chi connectivity index (χ2v) is 13.3. The van der Waals surface area contributed by atoms with E-state index in [-0.39, 0.29) is 36.7 Å². The maximum absolute atomic E-state index is 12.9. The van der Waals surface area contributed by atoms with Crippen molar-refractivity contribution in [3.05, 3.63) is 32.4 Å². The van der Waals surface area contributed by atoms with Crippen molar-refractivity contribution in [2.24, 2.45) is 0 Å². The van der Waals surface area contributed by atoms with Crippen LogP contribution in [0.2, 0.25) is 6.04 Å². The molecule has 226 valence electrons. The van der Waals surface area contributed by atoms with Crippen LogP contribution >= 0.6 is 0 Å². The Morgan fingerprint density at radius 1 is 1.12 bits per heavy atom. The van der Waals surface area contributed by atoms with Crippen molar-refractivity contribution in [2.75, 3.05) is 24.5 Å². The third kappa shape index (κ3) is 10.1. The fourth-order valence-corrected chi connectivity index (χ4v) is 7.26. The average Bonchev–Trinajstić information content (AvgIpc) is 2.92. The Bertz CT molecular complexity index is 1070. The van der Waals surface area contributed by atoms with E-state index in [1.165, 1.54) is 12.5 Å². The molecule has 0 radical (unpaired) electrons. The lowest BCUT2D eigenvalue weighted by atomic mass is 10.0. The number of carbonyl (C=O) groups is 1. The highest BCUT2D eigenvalue weighted by atomic mass is 32.2. The van der Waals surface area contributed by atoms with E-state index in [0.717, 1.165) is 31.4 Å². The van der Waals surface area contributed by atoms with Gasteiger partial charge in [0.25, 0.3) is 0 Å². The molecule has 0 bridgehead atoms. The number of carbonyl (C=O) groups excluding carboxylic acids is 1. The van der Waals surface area contributed by atoms with Gasteiger partial charge in [0.2, 0.25) is 15.9 Å². The summed E-state index contributed by atoms with van der Waals surface area (Å²) in [4.78, 5) is 35.6. The summed E-state index contributed by atoms with van der Waals surface area (Å²) in [5.41, 5.74) is -1.44. The normalized spacial score (nSPS) is 16.9. The molecule has 1 amide bonds. The summed E-state index contributed by atoms with van der Waals surface area (Å²) in [5.74, 6) is -0.103. The van der Waals surface area contributed by atoms with Crippen LogP contribution in [0.4, 0.5) is 17.1 Å². The number of hydrogen-bond acceptors (Lipinski definition) is 9. The standard InChI is InChI=1S/C25H43N5O8SSi/c1-4-13-28(14-5-2)25-22(29(32)33)17-21(18-23(25)30(34)35)39(36,37)26-12-8-7-11-24(31)27-19(6-3)16-20-10-9-15-40-38-20/h17-20,26H,4-16,40H2,1-3H3,(H,27,31). The molecule has 0 aliphatic carbocycles. The van der Waals surface area contributed by atoms with Gasteiger partial charge in [-0.05, 0) is 51.0 Å². The van der Waals surface area contributed by atoms with Crippen LogP contribution in [0.15, 0.2) is 17.0 Å². The fraction of sp³-hybridized carbons (Fsp3) is 0.720. The van der Waals surface area contributed by atoms with E-state index < -0.39 is 45.9 Å². The molecule has 1 aromatic rings. The van der Waals surface area contributed by atoms with Gasteiger partial charge in [-0.25, -0.2) is 13.1 Å². The zero-order valence-corrected chi connectivity index (χ0v) is 26.0. The zero-order valence-electron chi connectivity index (χ0n) is 23.7. The Kier molecular flexibility index (Phi) is 13.9. The molecule has 1 aliphatic rings. The predicted molar refractivity (Wildman–Crippen MR) is 156 cm³/mol. The van der Waals surface area contributed by atoms with Gasteiger partial charge in [-0.1, -0.05) is 27.2 Å². The minimum Gasteiger partial charge on any atom is -0.421 e. The highest BCUT2D eigenvalue weighted by Gasteiger charge is 2.33. The third-order valence-corrected chi connectivity index (χ3v) is 9.79. The Balaban J connectivity index is 2.01. The van der Waals surface area contributed by atoms with Crippen molar-refractivity contribution in [1.82, 2.24) is 10.0 Å². The number of anilines is 1. The van der Waals surface area contributed by atoms with Gasteiger partial charge in [0, 0.05) is 50.3 Å². The largest absolute Gasteiger partial charge is 0.421 e. The van der Waals surface area contributed by atoms with Gasteiger partial charge in [0.15, 0.2) is 15.5 Å². The minimum absolute atomic E-state index is 0.0193. The van der Waals surface area contributed by atoms with Crippen LogP contribution < -0.4 is 14.9 Å². The average molecular weight is 602 g/mol. The lowest BCUT2D eigenvalue weighted by Gasteiger charge is -2.27. The summed E-state index contributed by atoms with van der Waals surface area (Å²) in [6.45, 7) is 6.40. The summed E-state index contributed by atoms with van der Waals surface area (Å²) in [7, 11) is -4.70. The number of benzene rings is 1. The molecule has 0 saturated carbocycles. The molecule has 13 nitrogen and oxygen atoms in total. The van der Waals surface area contributed by atoms with Crippen LogP contribution in [-0.2, 0) is 19.2 Å². The lowest BCUT2D eigenvalue weighted by molar-refractivity contribution is -0.393. The van der Waals surface area contributed by atoms with E-state index in [1.807, 2.05) is 20.8 Å². The quantitative estimate of drug-likeness (QED) is 0.110. The van der Waals surface area contributed by atoms with Gasteiger partial charge in [0.1, 0.15) is 0 Å². The number of hydrogen-bond donors (Lipinski definition) is 2. The first kappa shape index (κ1) is 33.6. The van der Waals surface area contributed by atoms with E-state index in [1.54, 1.807) is 4.90 Å². The van der Waals surface area contributed by atoms with Crippen molar-refractivity contribution in [2.45, 2.75) is 102 Å². The van der Waals surface area contributed by atoms with Crippen LogP contribution in [0.1, 0.15) is 78.6 Å². The molecule has 1 heterocycles. The molecule has 0 aromatic heterocycles. The maximum Gasteiger partial charge on any atom is 0.301 e. The van der Waals surface area contributed by atoms with E-state index in [4.69, 9.17) is 4.43 Å². The Morgan fingerprint density at radius 3 is 2.25 bits per heavy atom. The second kappa shape index (κ2) is 16.6. The van der Waals surface area contributed by atoms with E-state index >= 15 is 0 Å². The highest BCUT2D eigenvalue weighted by Crippen LogP contribution is 2.40. The molecular formula is C25H43N5O8SSi. The molecule has 15 heteroatoms. The summed E-state index contributed by atoms with van der Waals surface area (Å²) in [6, 6.07) is 3.00. The monoisotopic (exact) mass is 601 g/mol. The summed E-state index contributed by atoms with van der Waals surface area (Å²) in [5, 5.41) is 26.8. The number of amides is 1. The number of sulfonamides is 1. The number of nitro groups is 2. The van der Waals surface area contributed by atoms with Gasteiger partial charge in [0.05, 0.1) is 14.7 Å². The first-order valence-corrected chi connectivity index (χ1v) is 17.2. The molecule has 0 spiro atoms. The minimum atomic E-state index is -4.27. The number of rotatable bonds is 18. The summed E-state index contributed by atoms with van der Waals surface area (Å²) >= 11 is 0. The van der Waals surface area contributed by atoms with Crippen molar-refractivity contribution >= 4 is 42.8 Å². The lowest BCUT2D eigenvalue weighted by Crippen LogP contribution is -2.38. The third-order valence-electron chi connectivity index (χ3n) is 6.85. The topological polar surface area (TPSA) is 174 Å². The van der Waals surface area contributed by atoms with Crippen LogP contribution in [0.25, 0.3) is 0 Å². The fourth-order valence-electron chi connectivity index (χ4n) is 4.85. The smallest absolute Gasteiger partial charge is 0.301 e. The molecule has 2 rings (SSSR count). The molecule has 2 unspecified atom stereocenters. The maximum atomic E-state index is 12.9. The molecule has 1 saturated heterocycles. The van der Waals surface area contributed by atoms with E-state index in [0.29, 0.717) is 38.8 Å². The molecule has 2 atom stereocenters. The number of nitro benzene ring substituents is 2. The van der Waals surface area contributed by atoms with Crippen LogP contribution in [0.3, 0.4) is 0 Å². The van der Waals surface area contributed by atoms with E-state index in [2.05, 4.69) is 10.0 Å². The van der Waals surface area contributed by atoms with Crippen LogP contribution in [0, 0.1) is 20.2 Å². The predicted octanol–water partition coefficient (Wildman–Crippen LogP) is 3.54. The summed E-state index contributed by atoms with van der Waals surface area (Å²) in [6.07, 6.45) is 6.27. The van der Waals surface area contributed by atoms with Crippen molar-refractivity contribution in [3.63, 3.8) is 0 Å². The van der Waals surface area contributed by atoms with Crippen molar-refractivity contribution in [1.29, 1.82) is 0 Å². The van der Waals surface area contributed by atoms with Gasteiger partial charge in [-0.2, -0.15) is 0 Å². The molecule has 1 fully saturated rings. The number of nitrogens with zero attached hydrogens (tertiary/aromatic N) is 3. The van der Waals surface area contributed by atoms with Gasteiger partial charge in [-0.15, -0.1) is 0 Å². The van der Waals surface area contributed by atoms with Gasteiger partial charge in [-0.3, -0.25) is 25.0 Å². The molecule has 1 aliphatic heterocycles. The number of unbranched alkanes of at least 4 members (excludes halogenated alkanes) is 1. The molecule has 1 aromatic carbocycles. The van der Waals surface area contributed by atoms with Crippen LogP contribution in [-0.4, -0.2) is 65.7 Å². The van der Waals surface area contributed by atoms with Crippen molar-refractivity contribution < 1.29 is 27.5 Å². The van der Waals surface area contributed by atoms with Gasteiger partial charge < -0.3 is 14.6 Å². The van der Waals surface area contributed by atoms with Crippen LogP contribution in [0.5, 0.6) is 0 Å². The van der Waals surface area contributed by atoms with Crippen molar-refractivity contribution in [3.8, 4) is 0 Å². The van der Waals surface area contributed by atoms with E-state index in [9.17, 15) is 33.4 Å². The molecule has 40 heavy (non-hydrogen) atoms. The number of nitrogens with one attached hydrogen (secondary N) is 2. The second-order valence-electron chi connectivity index (χ2n) is 10.1. The SMILES string of the molecule is CCCN(CCC)c1c([N+](=O)[O-])cc(S(=O)(=O)NCCCCC(=O)NC(CC)CC2CCC[SiH2]O2)cc1[N+](=O)[O-]. The first-order valence-electron chi connectivity index (χ1n) is 14.2. The first-order chi connectivity index (χ1) is 19.0.